The quantitative estimate of drug-likeness (QED) is 0.903. The summed E-state index contributed by atoms with van der Waals surface area (Å²) in [5.74, 6) is 0.645. The van der Waals surface area contributed by atoms with E-state index in [2.05, 4.69) is 0 Å². The van der Waals surface area contributed by atoms with Crippen molar-refractivity contribution in [3.63, 3.8) is 0 Å². The van der Waals surface area contributed by atoms with Crippen molar-refractivity contribution in [3.05, 3.63) is 28.2 Å². The van der Waals surface area contributed by atoms with Crippen molar-refractivity contribution in [1.29, 1.82) is 0 Å². The summed E-state index contributed by atoms with van der Waals surface area (Å²) in [5, 5.41) is 1.22. The van der Waals surface area contributed by atoms with Gasteiger partial charge in [0.15, 0.2) is 0 Å². The molecule has 1 saturated carbocycles. The largest absolute Gasteiger partial charge is 0.484 e. The molecule has 2 N–H and O–H groups in total. The SMILES string of the molecule is NCC1(Oc2cc(Cl)ccc2Cl)CCCCC1. The predicted molar refractivity (Wildman–Crippen MR) is 72.0 cm³/mol. The minimum atomic E-state index is -0.257. The zero-order valence-corrected chi connectivity index (χ0v) is 11.2. The molecule has 0 aliphatic heterocycles. The van der Waals surface area contributed by atoms with E-state index in [0.29, 0.717) is 22.3 Å². The maximum Gasteiger partial charge on any atom is 0.140 e. The Hall–Kier alpha value is -0.440. The molecule has 1 fully saturated rings. The molecule has 1 aromatic rings. The van der Waals surface area contributed by atoms with Gasteiger partial charge in [0.1, 0.15) is 11.4 Å². The van der Waals surface area contributed by atoms with Crippen LogP contribution in [0.4, 0.5) is 0 Å². The van der Waals surface area contributed by atoms with Crippen LogP contribution in [0, 0.1) is 0 Å². The van der Waals surface area contributed by atoms with Crippen LogP contribution in [0.5, 0.6) is 5.75 Å². The highest BCUT2D eigenvalue weighted by molar-refractivity contribution is 6.34. The zero-order chi connectivity index (χ0) is 12.3. The Morgan fingerprint density at radius 1 is 1.18 bits per heavy atom. The highest BCUT2D eigenvalue weighted by Gasteiger charge is 2.33. The van der Waals surface area contributed by atoms with E-state index in [0.717, 1.165) is 25.7 Å². The fourth-order valence-electron chi connectivity index (χ4n) is 2.33. The minimum Gasteiger partial charge on any atom is -0.484 e. The van der Waals surface area contributed by atoms with Gasteiger partial charge in [-0.15, -0.1) is 0 Å². The lowest BCUT2D eigenvalue weighted by molar-refractivity contribution is 0.0388. The lowest BCUT2D eigenvalue weighted by Gasteiger charge is -2.37. The van der Waals surface area contributed by atoms with Crippen LogP contribution in [0.3, 0.4) is 0 Å². The number of nitrogens with two attached hydrogens (primary N) is 1. The van der Waals surface area contributed by atoms with Gasteiger partial charge >= 0.3 is 0 Å². The molecule has 0 saturated heterocycles. The van der Waals surface area contributed by atoms with Gasteiger partial charge in [-0.2, -0.15) is 0 Å². The number of hydrogen-bond donors (Lipinski definition) is 1. The predicted octanol–water partition coefficient (Wildman–Crippen LogP) is 4.03. The number of ether oxygens (including phenoxy) is 1. The van der Waals surface area contributed by atoms with E-state index >= 15 is 0 Å². The summed E-state index contributed by atoms with van der Waals surface area (Å²) in [6.07, 6.45) is 5.57. The molecule has 0 amide bonds. The molecule has 0 atom stereocenters. The first-order valence-corrected chi connectivity index (χ1v) is 6.75. The average molecular weight is 274 g/mol. The van der Waals surface area contributed by atoms with Gasteiger partial charge in [0, 0.05) is 17.6 Å². The molecule has 2 nitrogen and oxygen atoms in total. The molecule has 1 aliphatic rings. The topological polar surface area (TPSA) is 35.2 Å². The lowest BCUT2D eigenvalue weighted by atomic mass is 9.84. The molecule has 0 spiro atoms. The van der Waals surface area contributed by atoms with Crippen molar-refractivity contribution in [1.82, 2.24) is 0 Å². The van der Waals surface area contributed by atoms with E-state index in [1.807, 2.05) is 0 Å². The molecule has 0 bridgehead atoms. The first-order valence-electron chi connectivity index (χ1n) is 5.99. The second kappa shape index (κ2) is 5.47. The molecule has 0 heterocycles. The molecule has 94 valence electrons. The molecule has 0 radical (unpaired) electrons. The monoisotopic (exact) mass is 273 g/mol. The van der Waals surface area contributed by atoms with Crippen molar-refractivity contribution in [2.24, 2.45) is 5.73 Å². The Balaban J connectivity index is 2.20. The molecular formula is C13H17Cl2NO. The van der Waals surface area contributed by atoms with Crippen LogP contribution in [0.1, 0.15) is 32.1 Å². The summed E-state index contributed by atoms with van der Waals surface area (Å²) in [6, 6.07) is 5.27. The second-order valence-electron chi connectivity index (χ2n) is 4.62. The molecule has 0 aromatic heterocycles. The molecule has 17 heavy (non-hydrogen) atoms. The third kappa shape index (κ3) is 3.06. The van der Waals surface area contributed by atoms with Gasteiger partial charge in [-0.05, 0) is 37.8 Å². The summed E-state index contributed by atoms with van der Waals surface area (Å²) in [4.78, 5) is 0. The second-order valence-corrected chi connectivity index (χ2v) is 5.47. The third-order valence-electron chi connectivity index (χ3n) is 3.36. The first kappa shape index (κ1) is 13.0. The van der Waals surface area contributed by atoms with E-state index in [4.69, 9.17) is 33.7 Å². The van der Waals surface area contributed by atoms with Crippen LogP contribution < -0.4 is 10.5 Å². The summed E-state index contributed by atoms with van der Waals surface area (Å²) in [6.45, 7) is 0.524. The molecule has 0 unspecified atom stereocenters. The molecular weight excluding hydrogens is 257 g/mol. The minimum absolute atomic E-state index is 0.257. The van der Waals surface area contributed by atoms with Gasteiger partial charge in [0.2, 0.25) is 0 Å². The number of hydrogen-bond acceptors (Lipinski definition) is 2. The van der Waals surface area contributed by atoms with Gasteiger partial charge in [0.05, 0.1) is 5.02 Å². The smallest absolute Gasteiger partial charge is 0.140 e. The number of benzene rings is 1. The van der Waals surface area contributed by atoms with Crippen molar-refractivity contribution < 1.29 is 4.74 Å². The van der Waals surface area contributed by atoms with E-state index < -0.39 is 0 Å². The maximum atomic E-state index is 6.11. The van der Waals surface area contributed by atoms with Crippen molar-refractivity contribution in [2.75, 3.05) is 6.54 Å². The number of halogens is 2. The fourth-order valence-corrected chi connectivity index (χ4v) is 2.65. The summed E-state index contributed by atoms with van der Waals surface area (Å²) in [5.41, 5.74) is 5.62. The van der Waals surface area contributed by atoms with E-state index in [9.17, 15) is 0 Å². The van der Waals surface area contributed by atoms with Gasteiger partial charge in [-0.25, -0.2) is 0 Å². The van der Waals surface area contributed by atoms with Crippen LogP contribution in [-0.2, 0) is 0 Å². The fraction of sp³-hybridized carbons (Fsp3) is 0.538. The Kier molecular flexibility index (Phi) is 4.18. The molecule has 2 rings (SSSR count). The van der Waals surface area contributed by atoms with Gasteiger partial charge in [-0.1, -0.05) is 29.6 Å². The maximum absolute atomic E-state index is 6.11. The molecule has 4 heteroatoms. The van der Waals surface area contributed by atoms with Crippen molar-refractivity contribution in [2.45, 2.75) is 37.7 Å². The highest BCUT2D eigenvalue weighted by Crippen LogP contribution is 2.36. The van der Waals surface area contributed by atoms with Crippen LogP contribution in [0.25, 0.3) is 0 Å². The van der Waals surface area contributed by atoms with Crippen molar-refractivity contribution in [3.8, 4) is 5.75 Å². The van der Waals surface area contributed by atoms with Gasteiger partial charge < -0.3 is 10.5 Å². The van der Waals surface area contributed by atoms with Crippen LogP contribution in [-0.4, -0.2) is 12.1 Å². The Labute approximate surface area is 112 Å². The molecule has 1 aliphatic carbocycles. The Morgan fingerprint density at radius 2 is 1.88 bits per heavy atom. The van der Waals surface area contributed by atoms with Crippen LogP contribution in [0.15, 0.2) is 18.2 Å². The summed E-state index contributed by atoms with van der Waals surface area (Å²) in [7, 11) is 0. The number of rotatable bonds is 3. The van der Waals surface area contributed by atoms with Gasteiger partial charge in [-0.3, -0.25) is 0 Å². The van der Waals surface area contributed by atoms with Crippen LogP contribution >= 0.6 is 23.2 Å². The highest BCUT2D eigenvalue weighted by atomic mass is 35.5. The zero-order valence-electron chi connectivity index (χ0n) is 9.72. The third-order valence-corrected chi connectivity index (χ3v) is 3.90. The lowest BCUT2D eigenvalue weighted by Crippen LogP contribution is -2.45. The van der Waals surface area contributed by atoms with E-state index in [-0.39, 0.29) is 5.60 Å². The average Bonchev–Trinajstić information content (AvgIpc) is 2.35. The first-order chi connectivity index (χ1) is 8.15. The van der Waals surface area contributed by atoms with Crippen LogP contribution in [0.2, 0.25) is 10.0 Å². The van der Waals surface area contributed by atoms with Crippen molar-refractivity contribution >= 4 is 23.2 Å². The summed E-state index contributed by atoms with van der Waals surface area (Å²) >= 11 is 12.1. The molecule has 1 aromatic carbocycles. The normalized spacial score (nSPS) is 19.0. The van der Waals surface area contributed by atoms with E-state index in [1.54, 1.807) is 18.2 Å². The standard InChI is InChI=1S/C13H17Cl2NO/c14-10-4-5-11(15)12(8-10)17-13(9-16)6-2-1-3-7-13/h4-5,8H,1-3,6-7,9,16H2. The van der Waals surface area contributed by atoms with E-state index in [1.165, 1.54) is 6.42 Å². The van der Waals surface area contributed by atoms with Gasteiger partial charge in [0.25, 0.3) is 0 Å². The summed E-state index contributed by atoms with van der Waals surface area (Å²) < 4.78 is 6.06. The Bertz CT molecular complexity index is 389. The Morgan fingerprint density at radius 3 is 2.53 bits per heavy atom.